The molecule has 3 heteroatoms. The first-order valence-corrected chi connectivity index (χ1v) is 6.80. The highest BCUT2D eigenvalue weighted by molar-refractivity contribution is 6.02. The van der Waals surface area contributed by atoms with Gasteiger partial charge in [-0.1, -0.05) is 37.5 Å². The Balaban J connectivity index is 2.09. The molecule has 0 atom stereocenters. The maximum absolute atomic E-state index is 11.9. The van der Waals surface area contributed by atoms with Gasteiger partial charge < -0.3 is 10.6 Å². The fourth-order valence-corrected chi connectivity index (χ4v) is 3.39. The second kappa shape index (κ2) is 4.09. The molecule has 2 N–H and O–H groups in total. The second-order valence-corrected chi connectivity index (χ2v) is 5.66. The average molecular weight is 244 g/mol. The molecule has 1 heterocycles. The summed E-state index contributed by atoms with van der Waals surface area (Å²) < 4.78 is 0. The van der Waals surface area contributed by atoms with E-state index in [0.29, 0.717) is 6.42 Å². The summed E-state index contributed by atoms with van der Waals surface area (Å²) in [4.78, 5) is 13.6. The van der Waals surface area contributed by atoms with Crippen molar-refractivity contribution in [2.75, 3.05) is 11.9 Å². The van der Waals surface area contributed by atoms with Crippen molar-refractivity contribution in [3.63, 3.8) is 0 Å². The molecule has 0 spiro atoms. The van der Waals surface area contributed by atoms with Crippen LogP contribution in [0.1, 0.15) is 43.2 Å². The van der Waals surface area contributed by atoms with Crippen LogP contribution < -0.4 is 10.6 Å². The lowest BCUT2D eigenvalue weighted by molar-refractivity contribution is -0.117. The van der Waals surface area contributed by atoms with Gasteiger partial charge in [-0.2, -0.15) is 0 Å². The minimum Gasteiger partial charge on any atom is -0.321 e. The molecule has 3 nitrogen and oxygen atoms in total. The number of carbonyl (C=O) groups excluding carboxylic acids is 1. The number of nitrogens with zero attached hydrogens (tertiary/aromatic N) is 1. The monoisotopic (exact) mass is 244 g/mol. The second-order valence-electron chi connectivity index (χ2n) is 5.66. The van der Waals surface area contributed by atoms with Crippen LogP contribution in [0, 0.1) is 0 Å². The van der Waals surface area contributed by atoms with Crippen molar-refractivity contribution >= 4 is 11.6 Å². The largest absolute Gasteiger partial charge is 0.321 e. The van der Waals surface area contributed by atoms with E-state index in [1.54, 1.807) is 4.90 Å². The smallest absolute Gasteiger partial charge is 0.231 e. The zero-order chi connectivity index (χ0) is 12.8. The number of carbonyl (C=O) groups is 1. The summed E-state index contributed by atoms with van der Waals surface area (Å²) in [6.07, 6.45) is 6.26. The summed E-state index contributed by atoms with van der Waals surface area (Å²) in [5, 5.41) is 0. The quantitative estimate of drug-likeness (QED) is 0.824. The van der Waals surface area contributed by atoms with Gasteiger partial charge in [-0.25, -0.2) is 0 Å². The fraction of sp³-hybridized carbons (Fsp3) is 0.533. The van der Waals surface area contributed by atoms with Crippen LogP contribution in [0.4, 0.5) is 5.69 Å². The van der Waals surface area contributed by atoms with E-state index in [1.807, 2.05) is 19.2 Å². The van der Waals surface area contributed by atoms with Gasteiger partial charge in [-0.15, -0.1) is 0 Å². The lowest BCUT2D eigenvalue weighted by Crippen LogP contribution is -2.40. The van der Waals surface area contributed by atoms with Crippen LogP contribution in [0.15, 0.2) is 18.2 Å². The number of hydrogen-bond acceptors (Lipinski definition) is 2. The van der Waals surface area contributed by atoms with Gasteiger partial charge in [0.2, 0.25) is 5.91 Å². The van der Waals surface area contributed by atoms with Gasteiger partial charge >= 0.3 is 0 Å². The standard InChI is InChI=1S/C15H20N2O/c1-17-13(18)10-11-6-5-7-12(14(11)17)15(16)8-3-2-4-9-15/h5-7H,2-4,8-10,16H2,1H3. The molecule has 1 aromatic rings. The highest BCUT2D eigenvalue weighted by Gasteiger charge is 2.36. The lowest BCUT2D eigenvalue weighted by Gasteiger charge is -2.36. The summed E-state index contributed by atoms with van der Waals surface area (Å²) in [5.74, 6) is 0.178. The third-order valence-corrected chi connectivity index (χ3v) is 4.45. The van der Waals surface area contributed by atoms with Crippen molar-refractivity contribution in [3.8, 4) is 0 Å². The van der Waals surface area contributed by atoms with Gasteiger partial charge in [0.15, 0.2) is 0 Å². The molecule has 2 aliphatic rings. The Kier molecular flexibility index (Phi) is 2.67. The zero-order valence-corrected chi connectivity index (χ0v) is 10.9. The normalized spacial score (nSPS) is 22.1. The number of benzene rings is 1. The average Bonchev–Trinajstić information content (AvgIpc) is 2.66. The van der Waals surface area contributed by atoms with Gasteiger partial charge in [0.05, 0.1) is 12.1 Å². The van der Waals surface area contributed by atoms with E-state index in [4.69, 9.17) is 5.73 Å². The Morgan fingerprint density at radius 1 is 1.22 bits per heavy atom. The van der Waals surface area contributed by atoms with Crippen molar-refractivity contribution in [1.82, 2.24) is 0 Å². The minimum atomic E-state index is -0.234. The molecule has 0 unspecified atom stereocenters. The van der Waals surface area contributed by atoms with Gasteiger partial charge in [0, 0.05) is 12.6 Å². The van der Waals surface area contributed by atoms with Crippen LogP contribution in [-0.4, -0.2) is 13.0 Å². The first kappa shape index (κ1) is 11.7. The lowest BCUT2D eigenvalue weighted by atomic mass is 9.76. The molecule has 96 valence electrons. The molecule has 3 rings (SSSR count). The van der Waals surface area contributed by atoms with Crippen molar-refractivity contribution in [2.45, 2.75) is 44.1 Å². The predicted molar refractivity (Wildman–Crippen MR) is 72.5 cm³/mol. The van der Waals surface area contributed by atoms with Gasteiger partial charge in [0.1, 0.15) is 0 Å². The Hall–Kier alpha value is -1.35. The summed E-state index contributed by atoms with van der Waals surface area (Å²) >= 11 is 0. The third-order valence-electron chi connectivity index (χ3n) is 4.45. The van der Waals surface area contributed by atoms with Crippen LogP contribution >= 0.6 is 0 Å². The van der Waals surface area contributed by atoms with E-state index >= 15 is 0 Å². The maximum atomic E-state index is 11.9. The maximum Gasteiger partial charge on any atom is 0.231 e. The van der Waals surface area contributed by atoms with Crippen molar-refractivity contribution in [3.05, 3.63) is 29.3 Å². The predicted octanol–water partition coefficient (Wildman–Crippen LogP) is 2.32. The van der Waals surface area contributed by atoms with Gasteiger partial charge in [-0.3, -0.25) is 4.79 Å². The number of amides is 1. The van der Waals surface area contributed by atoms with Gasteiger partial charge in [0.25, 0.3) is 0 Å². The van der Waals surface area contributed by atoms with Crippen molar-refractivity contribution in [1.29, 1.82) is 0 Å². The number of rotatable bonds is 1. The number of anilines is 1. The molecule has 1 aliphatic carbocycles. The Bertz CT molecular complexity index is 489. The molecule has 1 fully saturated rings. The SMILES string of the molecule is CN1C(=O)Cc2cccc(C3(N)CCCCC3)c21. The van der Waals surface area contributed by atoms with E-state index in [9.17, 15) is 4.79 Å². The number of nitrogens with two attached hydrogens (primary N) is 1. The summed E-state index contributed by atoms with van der Waals surface area (Å²) in [7, 11) is 1.86. The molecule has 1 amide bonds. The van der Waals surface area contributed by atoms with Crippen LogP contribution in [0.3, 0.4) is 0 Å². The zero-order valence-electron chi connectivity index (χ0n) is 10.9. The Morgan fingerprint density at radius 3 is 2.67 bits per heavy atom. The topological polar surface area (TPSA) is 46.3 Å². The van der Waals surface area contributed by atoms with E-state index < -0.39 is 0 Å². The molecule has 0 saturated heterocycles. The molecule has 0 aromatic heterocycles. The Labute approximate surface area is 108 Å². The summed E-state index contributed by atoms with van der Waals surface area (Å²) in [6.45, 7) is 0. The van der Waals surface area contributed by atoms with Crippen LogP contribution in [0.5, 0.6) is 0 Å². The molecule has 1 aromatic carbocycles. The molecule has 1 aliphatic heterocycles. The number of likely N-dealkylation sites (N-methyl/N-ethyl adjacent to an activating group) is 1. The molecular weight excluding hydrogens is 224 g/mol. The van der Waals surface area contributed by atoms with Crippen LogP contribution in [0.2, 0.25) is 0 Å². The van der Waals surface area contributed by atoms with Crippen molar-refractivity contribution in [2.24, 2.45) is 5.73 Å². The highest BCUT2D eigenvalue weighted by Crippen LogP contribution is 2.42. The first-order chi connectivity index (χ1) is 8.62. The van der Waals surface area contributed by atoms with Crippen LogP contribution in [0.25, 0.3) is 0 Å². The third kappa shape index (κ3) is 1.65. The number of para-hydroxylation sites is 1. The molecule has 1 saturated carbocycles. The fourth-order valence-electron chi connectivity index (χ4n) is 3.39. The minimum absolute atomic E-state index is 0.178. The first-order valence-electron chi connectivity index (χ1n) is 6.80. The summed E-state index contributed by atoms with van der Waals surface area (Å²) in [5.41, 5.74) is 9.77. The van der Waals surface area contributed by atoms with Gasteiger partial charge in [-0.05, 0) is 24.0 Å². The molecule has 0 bridgehead atoms. The van der Waals surface area contributed by atoms with Crippen molar-refractivity contribution < 1.29 is 4.79 Å². The summed E-state index contributed by atoms with van der Waals surface area (Å²) in [6, 6.07) is 6.20. The highest BCUT2D eigenvalue weighted by atomic mass is 16.2. The molecule has 0 radical (unpaired) electrons. The van der Waals surface area contributed by atoms with E-state index in [0.717, 1.165) is 24.1 Å². The number of hydrogen-bond donors (Lipinski definition) is 1. The number of fused-ring (bicyclic) bond motifs is 1. The van der Waals surface area contributed by atoms with Crippen LogP contribution in [-0.2, 0) is 16.8 Å². The van der Waals surface area contributed by atoms with E-state index in [2.05, 4.69) is 6.07 Å². The van der Waals surface area contributed by atoms with E-state index in [1.165, 1.54) is 24.8 Å². The molecule has 18 heavy (non-hydrogen) atoms. The Morgan fingerprint density at radius 2 is 1.94 bits per heavy atom. The molecular formula is C15H20N2O. The van der Waals surface area contributed by atoms with E-state index in [-0.39, 0.29) is 11.4 Å².